The summed E-state index contributed by atoms with van der Waals surface area (Å²) in [4.78, 5) is 22.6. The first-order valence-corrected chi connectivity index (χ1v) is 9.62. The van der Waals surface area contributed by atoms with Gasteiger partial charge in [0, 0.05) is 30.1 Å². The lowest BCUT2D eigenvalue weighted by molar-refractivity contribution is -0.384. The maximum absolute atomic E-state index is 12.4. The minimum absolute atomic E-state index is 0.0163. The molecular weight excluding hydrogens is 412 g/mol. The van der Waals surface area contributed by atoms with Crippen LogP contribution in [-0.4, -0.2) is 20.5 Å². The molecular formula is C23H18N4O5. The van der Waals surface area contributed by atoms with E-state index in [1.807, 2.05) is 18.2 Å². The summed E-state index contributed by atoms with van der Waals surface area (Å²) in [6.45, 7) is 0.228. The van der Waals surface area contributed by atoms with Crippen LogP contribution in [0, 0.1) is 10.1 Å². The quantitative estimate of drug-likeness (QED) is 0.253. The number of fused-ring (bicyclic) bond motifs is 1. The fraction of sp³-hybridized carbons (Fsp3) is 0.0870. The molecule has 0 unspecified atom stereocenters. The second-order valence-corrected chi connectivity index (χ2v) is 6.99. The summed E-state index contributed by atoms with van der Waals surface area (Å²) >= 11 is 0. The van der Waals surface area contributed by atoms with Crippen molar-refractivity contribution in [3.8, 4) is 11.6 Å². The van der Waals surface area contributed by atoms with Crippen LogP contribution in [0.4, 0.5) is 11.4 Å². The molecule has 1 amide bonds. The minimum atomic E-state index is -0.556. The number of azo groups is 1. The van der Waals surface area contributed by atoms with Gasteiger partial charge in [0.1, 0.15) is 12.4 Å². The third-order valence-corrected chi connectivity index (χ3v) is 4.94. The van der Waals surface area contributed by atoms with Gasteiger partial charge in [-0.3, -0.25) is 14.9 Å². The molecule has 4 rings (SSSR count). The van der Waals surface area contributed by atoms with Crippen molar-refractivity contribution in [2.24, 2.45) is 17.3 Å². The Hall–Kier alpha value is -4.53. The number of hydrogen-bond donors (Lipinski definition) is 1. The summed E-state index contributed by atoms with van der Waals surface area (Å²) in [6.07, 6.45) is 0. The van der Waals surface area contributed by atoms with Crippen LogP contribution in [0.15, 0.2) is 83.0 Å². The molecule has 32 heavy (non-hydrogen) atoms. The number of hydrogen-bond acceptors (Lipinski definition) is 6. The van der Waals surface area contributed by atoms with E-state index in [0.717, 1.165) is 11.1 Å². The van der Waals surface area contributed by atoms with E-state index in [2.05, 4.69) is 10.2 Å². The molecule has 0 aliphatic heterocycles. The summed E-state index contributed by atoms with van der Waals surface area (Å²) in [7, 11) is 1.70. The van der Waals surface area contributed by atoms with E-state index in [4.69, 9.17) is 4.74 Å². The van der Waals surface area contributed by atoms with Gasteiger partial charge in [0.2, 0.25) is 5.88 Å². The zero-order chi connectivity index (χ0) is 22.7. The van der Waals surface area contributed by atoms with Crippen LogP contribution in [0.3, 0.4) is 0 Å². The molecule has 1 aromatic heterocycles. The highest BCUT2D eigenvalue weighted by Gasteiger charge is 2.14. The summed E-state index contributed by atoms with van der Waals surface area (Å²) in [5, 5.41) is 29.4. The van der Waals surface area contributed by atoms with Crippen molar-refractivity contribution in [2.75, 3.05) is 0 Å². The Kier molecular flexibility index (Phi) is 5.63. The average molecular weight is 430 g/mol. The maximum Gasteiger partial charge on any atom is 0.295 e. The van der Waals surface area contributed by atoms with Crippen LogP contribution in [0.1, 0.15) is 15.9 Å². The SMILES string of the molecule is Cn1c(O)c(N=NC(=O)c2ccc(OCc3ccc([N+](=O)[O-])cc3)cc2)c2ccccc21. The number of carbonyl (C=O) groups is 1. The van der Waals surface area contributed by atoms with Crippen molar-refractivity contribution in [3.05, 3.63) is 94.0 Å². The first-order valence-electron chi connectivity index (χ1n) is 9.62. The van der Waals surface area contributed by atoms with Crippen LogP contribution in [0.5, 0.6) is 11.6 Å². The lowest BCUT2D eigenvalue weighted by atomic mass is 10.2. The first-order chi connectivity index (χ1) is 15.4. The standard InChI is InChI=1S/C23H18N4O5/c1-26-20-5-3-2-4-19(20)21(23(26)29)24-25-22(28)16-8-12-18(13-9-16)32-14-15-6-10-17(11-7-15)27(30)31/h2-13,29H,14H2,1H3. The molecule has 3 aromatic carbocycles. The number of aromatic hydroxyl groups is 1. The van der Waals surface area contributed by atoms with E-state index < -0.39 is 10.8 Å². The molecule has 160 valence electrons. The summed E-state index contributed by atoms with van der Waals surface area (Å²) in [5.74, 6) is -0.0967. The third-order valence-electron chi connectivity index (χ3n) is 4.94. The molecule has 0 aliphatic carbocycles. The summed E-state index contributed by atoms with van der Waals surface area (Å²) < 4.78 is 7.23. The number of amides is 1. The van der Waals surface area contributed by atoms with Crippen molar-refractivity contribution in [1.82, 2.24) is 4.57 Å². The van der Waals surface area contributed by atoms with Gasteiger partial charge in [0.25, 0.3) is 11.6 Å². The maximum atomic E-state index is 12.4. The third kappa shape index (κ3) is 4.17. The molecule has 9 heteroatoms. The summed E-state index contributed by atoms with van der Waals surface area (Å²) in [5.41, 5.74) is 2.12. The molecule has 0 saturated carbocycles. The van der Waals surface area contributed by atoms with Gasteiger partial charge in [0.15, 0.2) is 5.69 Å². The van der Waals surface area contributed by atoms with E-state index in [1.165, 1.54) is 12.1 Å². The normalized spacial score (nSPS) is 11.2. The van der Waals surface area contributed by atoms with Gasteiger partial charge in [-0.15, -0.1) is 10.2 Å². The number of non-ortho nitro benzene ring substituents is 1. The molecule has 9 nitrogen and oxygen atoms in total. The Balaban J connectivity index is 1.42. The topological polar surface area (TPSA) is 119 Å². The van der Waals surface area contributed by atoms with Crippen molar-refractivity contribution in [1.29, 1.82) is 0 Å². The number of carbonyl (C=O) groups excluding carboxylic acids is 1. The van der Waals surface area contributed by atoms with E-state index in [-0.39, 0.29) is 23.9 Å². The van der Waals surface area contributed by atoms with Gasteiger partial charge >= 0.3 is 0 Å². The summed E-state index contributed by atoms with van der Waals surface area (Å²) in [6, 6.07) is 19.8. The molecule has 4 aromatic rings. The van der Waals surface area contributed by atoms with Gasteiger partial charge in [-0.25, -0.2) is 0 Å². The van der Waals surface area contributed by atoms with Crippen molar-refractivity contribution in [3.63, 3.8) is 0 Å². The van der Waals surface area contributed by atoms with E-state index in [9.17, 15) is 20.0 Å². The Bertz CT molecular complexity index is 1330. The highest BCUT2D eigenvalue weighted by molar-refractivity contribution is 5.97. The number of aromatic nitrogens is 1. The number of para-hydroxylation sites is 1. The van der Waals surface area contributed by atoms with Crippen molar-refractivity contribution >= 4 is 28.2 Å². The smallest absolute Gasteiger partial charge is 0.295 e. The van der Waals surface area contributed by atoms with E-state index in [1.54, 1.807) is 54.1 Å². The molecule has 0 atom stereocenters. The van der Waals surface area contributed by atoms with Crippen molar-refractivity contribution in [2.45, 2.75) is 6.61 Å². The second-order valence-electron chi connectivity index (χ2n) is 6.99. The molecule has 0 spiro atoms. The van der Waals surface area contributed by atoms with Crippen LogP contribution < -0.4 is 4.74 Å². The van der Waals surface area contributed by atoms with Crippen LogP contribution in [0.25, 0.3) is 10.9 Å². The minimum Gasteiger partial charge on any atom is -0.493 e. The lowest BCUT2D eigenvalue weighted by Crippen LogP contribution is -1.97. The monoisotopic (exact) mass is 430 g/mol. The highest BCUT2D eigenvalue weighted by Crippen LogP contribution is 2.37. The Morgan fingerprint density at radius 2 is 1.75 bits per heavy atom. The molecule has 0 fully saturated rings. The molecule has 1 heterocycles. The fourth-order valence-electron chi connectivity index (χ4n) is 3.19. The van der Waals surface area contributed by atoms with Crippen LogP contribution in [0.2, 0.25) is 0 Å². The fourth-order valence-corrected chi connectivity index (χ4v) is 3.19. The van der Waals surface area contributed by atoms with Gasteiger partial charge in [-0.05, 0) is 48.0 Å². The first kappa shape index (κ1) is 20.7. The number of nitro groups is 1. The van der Waals surface area contributed by atoms with Crippen LogP contribution >= 0.6 is 0 Å². The van der Waals surface area contributed by atoms with E-state index in [0.29, 0.717) is 16.7 Å². The predicted molar refractivity (Wildman–Crippen MR) is 117 cm³/mol. The molecule has 0 radical (unpaired) electrons. The van der Waals surface area contributed by atoms with Gasteiger partial charge in [-0.1, -0.05) is 18.2 Å². The van der Waals surface area contributed by atoms with Crippen molar-refractivity contribution < 1.29 is 19.6 Å². The van der Waals surface area contributed by atoms with Gasteiger partial charge < -0.3 is 14.4 Å². The largest absolute Gasteiger partial charge is 0.493 e. The van der Waals surface area contributed by atoms with Crippen LogP contribution in [-0.2, 0) is 13.7 Å². The molecule has 0 saturated heterocycles. The lowest BCUT2D eigenvalue weighted by Gasteiger charge is -2.06. The number of nitrogens with zero attached hydrogens (tertiary/aromatic N) is 4. The molecule has 0 aliphatic rings. The average Bonchev–Trinajstić information content (AvgIpc) is 3.06. The Morgan fingerprint density at radius 1 is 1.06 bits per heavy atom. The predicted octanol–water partition coefficient (Wildman–Crippen LogP) is 5.30. The highest BCUT2D eigenvalue weighted by atomic mass is 16.6. The second kappa shape index (κ2) is 8.68. The number of rotatable bonds is 6. The number of ether oxygens (including phenoxy) is 1. The molecule has 1 N–H and O–H groups in total. The zero-order valence-corrected chi connectivity index (χ0v) is 17.0. The number of benzene rings is 3. The van der Waals surface area contributed by atoms with Gasteiger partial charge in [0.05, 0.1) is 10.4 Å². The van der Waals surface area contributed by atoms with E-state index >= 15 is 0 Å². The molecule has 0 bridgehead atoms. The van der Waals surface area contributed by atoms with Gasteiger partial charge in [-0.2, -0.15) is 0 Å². The Labute approximate surface area is 182 Å². The Morgan fingerprint density at radius 3 is 2.44 bits per heavy atom. The number of nitro benzene ring substituents is 1. The number of aryl methyl sites for hydroxylation is 1. The zero-order valence-electron chi connectivity index (χ0n) is 17.0.